The first-order valence-corrected chi connectivity index (χ1v) is 11.7. The minimum Gasteiger partial charge on any atom is -0.337 e. The smallest absolute Gasteiger partial charge is 0.323 e. The number of aromatic nitrogens is 4. The molecule has 0 unspecified atom stereocenters. The van der Waals surface area contributed by atoms with Crippen molar-refractivity contribution >= 4 is 61.0 Å². The van der Waals surface area contributed by atoms with E-state index in [0.29, 0.717) is 32.8 Å². The van der Waals surface area contributed by atoms with Crippen molar-refractivity contribution in [1.82, 2.24) is 19.9 Å². The Bertz CT molecular complexity index is 1680. The number of sulfonamides is 1. The molecule has 0 saturated carbocycles. The Balaban J connectivity index is 1.59. The zero-order valence-electron chi connectivity index (χ0n) is 17.2. The van der Waals surface area contributed by atoms with Crippen LogP contribution in [0.4, 0.5) is 17.3 Å². The summed E-state index contributed by atoms with van der Waals surface area (Å²) < 4.78 is 28.5. The van der Waals surface area contributed by atoms with E-state index in [1.54, 1.807) is 24.3 Å². The highest BCUT2D eigenvalue weighted by atomic mass is 35.5. The van der Waals surface area contributed by atoms with E-state index in [-0.39, 0.29) is 22.2 Å². The van der Waals surface area contributed by atoms with Gasteiger partial charge in [0.25, 0.3) is 10.0 Å². The Kier molecular flexibility index (Phi) is 5.03. The number of hydrogen-bond donors (Lipinski definition) is 4. The largest absolute Gasteiger partial charge is 0.337 e. The molecule has 0 amide bonds. The number of aryl methyl sites for hydroxylation is 1. The van der Waals surface area contributed by atoms with Crippen LogP contribution in [0, 0.1) is 6.92 Å². The second-order valence-electron chi connectivity index (χ2n) is 7.44. The maximum atomic E-state index is 13.0. The van der Waals surface area contributed by atoms with Crippen molar-refractivity contribution < 1.29 is 8.42 Å². The van der Waals surface area contributed by atoms with Crippen molar-refractivity contribution in [2.75, 3.05) is 10.0 Å². The van der Waals surface area contributed by atoms with Crippen molar-refractivity contribution in [2.45, 2.75) is 11.8 Å². The van der Waals surface area contributed by atoms with Gasteiger partial charge in [0.15, 0.2) is 11.6 Å². The molecule has 2 heterocycles. The summed E-state index contributed by atoms with van der Waals surface area (Å²) in [6.45, 7) is 1.93. The van der Waals surface area contributed by atoms with Crippen LogP contribution in [0.1, 0.15) is 5.56 Å². The lowest BCUT2D eigenvalue weighted by atomic mass is 10.2. The summed E-state index contributed by atoms with van der Waals surface area (Å²) in [5.41, 5.74) is 3.63. The molecule has 9 nitrogen and oxygen atoms in total. The Morgan fingerprint density at radius 2 is 1.58 bits per heavy atom. The molecule has 0 aliphatic carbocycles. The van der Waals surface area contributed by atoms with Crippen LogP contribution in [-0.2, 0) is 10.0 Å². The highest BCUT2D eigenvalue weighted by molar-refractivity contribution is 7.92. The van der Waals surface area contributed by atoms with Crippen LogP contribution in [0.3, 0.4) is 0 Å². The van der Waals surface area contributed by atoms with Crippen LogP contribution in [-0.4, -0.2) is 28.4 Å². The number of nitrogens with zero attached hydrogens (tertiary/aromatic N) is 2. The molecule has 4 N–H and O–H groups in total. The maximum absolute atomic E-state index is 13.0. The standard InChI is InChI=1S/C22H17ClN6O3S/c1-12-2-8-16-18(10-12)26-20(24-14-5-9-17-19(11-14)28-22(30)27-17)21(25-16)29-33(31,32)15-6-3-13(23)4-7-15/h2-11H,1H3,(H,24,26)(H,25,29)(H2,27,28,30). The maximum Gasteiger partial charge on any atom is 0.323 e. The van der Waals surface area contributed by atoms with Crippen LogP contribution in [0.2, 0.25) is 5.02 Å². The number of H-pyrrole nitrogens is 2. The molecule has 33 heavy (non-hydrogen) atoms. The number of anilines is 3. The SMILES string of the molecule is Cc1ccc2nc(NS(=O)(=O)c3ccc(Cl)cc3)c(Nc3ccc4[nH]c(=O)[nH]c4c3)nc2c1. The summed E-state index contributed by atoms with van der Waals surface area (Å²) in [6, 6.07) is 16.5. The zero-order valence-corrected chi connectivity index (χ0v) is 18.8. The van der Waals surface area contributed by atoms with Crippen molar-refractivity contribution in [3.63, 3.8) is 0 Å². The van der Waals surface area contributed by atoms with Gasteiger partial charge in [0, 0.05) is 10.7 Å². The van der Waals surface area contributed by atoms with Gasteiger partial charge in [-0.05, 0) is 67.1 Å². The Hall–Kier alpha value is -3.89. The predicted octanol–water partition coefficient (Wildman–Crippen LogP) is 4.31. The number of benzene rings is 3. The average molecular weight is 481 g/mol. The molecule has 0 fully saturated rings. The van der Waals surface area contributed by atoms with E-state index in [9.17, 15) is 13.2 Å². The van der Waals surface area contributed by atoms with E-state index < -0.39 is 10.0 Å². The van der Waals surface area contributed by atoms with Crippen molar-refractivity contribution in [3.05, 3.63) is 81.7 Å². The summed E-state index contributed by atoms with van der Waals surface area (Å²) in [6.07, 6.45) is 0. The topological polar surface area (TPSA) is 133 Å². The average Bonchev–Trinajstić information content (AvgIpc) is 3.14. The minimum atomic E-state index is -3.96. The number of hydrogen-bond acceptors (Lipinski definition) is 6. The molecule has 0 spiro atoms. The first-order valence-electron chi connectivity index (χ1n) is 9.83. The van der Waals surface area contributed by atoms with Crippen molar-refractivity contribution in [1.29, 1.82) is 0 Å². The van der Waals surface area contributed by atoms with Gasteiger partial charge in [0.05, 0.1) is 27.0 Å². The van der Waals surface area contributed by atoms with Gasteiger partial charge in [-0.25, -0.2) is 23.2 Å². The number of aromatic amines is 2. The Labute approximate surface area is 192 Å². The number of halogens is 1. The lowest BCUT2D eigenvalue weighted by molar-refractivity contribution is 0.601. The van der Waals surface area contributed by atoms with Crippen molar-refractivity contribution in [2.24, 2.45) is 0 Å². The van der Waals surface area contributed by atoms with E-state index >= 15 is 0 Å². The van der Waals surface area contributed by atoms with E-state index in [2.05, 4.69) is 30.0 Å². The first-order chi connectivity index (χ1) is 15.8. The minimum absolute atomic E-state index is 0.0314. The molecule has 0 atom stereocenters. The van der Waals surface area contributed by atoms with Gasteiger partial charge in [0.1, 0.15) is 0 Å². The molecule has 0 aliphatic heterocycles. The third kappa shape index (κ3) is 4.26. The zero-order chi connectivity index (χ0) is 23.2. The van der Waals surface area contributed by atoms with E-state index in [4.69, 9.17) is 11.6 Å². The van der Waals surface area contributed by atoms with Gasteiger partial charge in [0.2, 0.25) is 0 Å². The monoisotopic (exact) mass is 480 g/mol. The molecule has 0 bridgehead atoms. The summed E-state index contributed by atoms with van der Waals surface area (Å²) in [5.74, 6) is 0.242. The van der Waals surface area contributed by atoms with Gasteiger partial charge in [-0.3, -0.25) is 4.72 Å². The van der Waals surface area contributed by atoms with Crippen LogP contribution >= 0.6 is 11.6 Å². The summed E-state index contributed by atoms with van der Waals surface area (Å²) in [4.78, 5) is 26.1. The fourth-order valence-electron chi connectivity index (χ4n) is 3.37. The molecule has 5 rings (SSSR count). The molecule has 0 radical (unpaired) electrons. The second kappa shape index (κ2) is 7.91. The lowest BCUT2D eigenvalue weighted by Crippen LogP contribution is -2.16. The Morgan fingerprint density at radius 3 is 2.36 bits per heavy atom. The molecule has 3 aromatic carbocycles. The third-order valence-electron chi connectivity index (χ3n) is 4.95. The molecule has 0 saturated heterocycles. The number of rotatable bonds is 5. The lowest BCUT2D eigenvalue weighted by Gasteiger charge is -2.14. The highest BCUT2D eigenvalue weighted by Gasteiger charge is 2.19. The molecular weight excluding hydrogens is 464 g/mol. The van der Waals surface area contributed by atoms with Crippen LogP contribution in [0.5, 0.6) is 0 Å². The van der Waals surface area contributed by atoms with Gasteiger partial charge < -0.3 is 15.3 Å². The second-order valence-corrected chi connectivity index (χ2v) is 9.56. The quantitative estimate of drug-likeness (QED) is 0.296. The number of imidazole rings is 1. The third-order valence-corrected chi connectivity index (χ3v) is 6.56. The normalized spacial score (nSPS) is 11.7. The van der Waals surface area contributed by atoms with Gasteiger partial charge in [-0.15, -0.1) is 0 Å². The van der Waals surface area contributed by atoms with E-state index in [1.165, 1.54) is 24.3 Å². The van der Waals surface area contributed by atoms with Gasteiger partial charge >= 0.3 is 5.69 Å². The molecule has 166 valence electrons. The highest BCUT2D eigenvalue weighted by Crippen LogP contribution is 2.28. The predicted molar refractivity (Wildman–Crippen MR) is 129 cm³/mol. The fraction of sp³-hybridized carbons (Fsp3) is 0.0455. The molecule has 5 aromatic rings. The van der Waals surface area contributed by atoms with Crippen LogP contribution in [0.25, 0.3) is 22.1 Å². The Morgan fingerprint density at radius 1 is 0.848 bits per heavy atom. The summed E-state index contributed by atoms with van der Waals surface area (Å²) >= 11 is 5.89. The molecular formula is C22H17ClN6O3S. The first kappa shape index (κ1) is 21.0. The van der Waals surface area contributed by atoms with Gasteiger partial charge in [-0.1, -0.05) is 17.7 Å². The summed E-state index contributed by atoms with van der Waals surface area (Å²) in [5, 5.41) is 3.54. The van der Waals surface area contributed by atoms with Gasteiger partial charge in [-0.2, -0.15) is 0 Å². The van der Waals surface area contributed by atoms with Crippen LogP contribution in [0.15, 0.2) is 70.4 Å². The molecule has 11 heteroatoms. The summed E-state index contributed by atoms with van der Waals surface area (Å²) in [7, 11) is -3.96. The molecule has 2 aromatic heterocycles. The van der Waals surface area contributed by atoms with E-state index in [1.807, 2.05) is 19.1 Å². The molecule has 0 aliphatic rings. The number of fused-ring (bicyclic) bond motifs is 2. The number of nitrogens with one attached hydrogen (secondary N) is 4. The van der Waals surface area contributed by atoms with Crippen LogP contribution < -0.4 is 15.7 Å². The fourth-order valence-corrected chi connectivity index (χ4v) is 4.50. The van der Waals surface area contributed by atoms with Crippen molar-refractivity contribution in [3.8, 4) is 0 Å². The van der Waals surface area contributed by atoms with E-state index in [0.717, 1.165) is 5.56 Å².